The van der Waals surface area contributed by atoms with Crippen LogP contribution in [0.1, 0.15) is 27.0 Å². The van der Waals surface area contributed by atoms with Crippen molar-refractivity contribution in [2.24, 2.45) is 5.10 Å². The molecule has 0 atom stereocenters. The van der Waals surface area contributed by atoms with Crippen LogP contribution in [0.25, 0.3) is 22.2 Å². The molecule has 0 aliphatic carbocycles. The molecule has 0 aliphatic heterocycles. The summed E-state index contributed by atoms with van der Waals surface area (Å²) >= 11 is 1.59. The van der Waals surface area contributed by atoms with Crippen molar-refractivity contribution in [3.05, 3.63) is 87.6 Å². The number of thiophene rings is 1. The number of benzene rings is 2. The molecular formula is C23H19N3OS. The van der Waals surface area contributed by atoms with E-state index in [4.69, 9.17) is 4.98 Å². The van der Waals surface area contributed by atoms with Gasteiger partial charge in [-0.15, -0.1) is 0 Å². The molecule has 0 fully saturated rings. The van der Waals surface area contributed by atoms with Gasteiger partial charge < -0.3 is 0 Å². The first-order valence-electron chi connectivity index (χ1n) is 8.95. The molecule has 0 saturated heterocycles. The molecular weight excluding hydrogens is 366 g/mol. The number of pyridine rings is 1. The number of carbonyl (C=O) groups is 1. The Morgan fingerprint density at radius 1 is 1.07 bits per heavy atom. The minimum Gasteiger partial charge on any atom is -0.267 e. The third kappa shape index (κ3) is 3.70. The molecule has 0 unspecified atom stereocenters. The van der Waals surface area contributed by atoms with Crippen LogP contribution in [0.2, 0.25) is 0 Å². The van der Waals surface area contributed by atoms with Gasteiger partial charge in [0, 0.05) is 16.5 Å². The summed E-state index contributed by atoms with van der Waals surface area (Å²) in [7, 11) is 0. The Labute approximate surface area is 167 Å². The molecule has 5 heteroatoms. The van der Waals surface area contributed by atoms with E-state index < -0.39 is 0 Å². The predicted molar refractivity (Wildman–Crippen MR) is 116 cm³/mol. The number of para-hydroxylation sites is 1. The predicted octanol–water partition coefficient (Wildman–Crippen LogP) is 5.34. The number of nitrogens with one attached hydrogen (secondary N) is 1. The van der Waals surface area contributed by atoms with Gasteiger partial charge in [-0.3, -0.25) is 4.79 Å². The van der Waals surface area contributed by atoms with Crippen LogP contribution in [-0.2, 0) is 0 Å². The zero-order chi connectivity index (χ0) is 19.5. The topological polar surface area (TPSA) is 54.4 Å². The fraction of sp³-hybridized carbons (Fsp3) is 0.0870. The number of hydrazone groups is 1. The number of hydrogen-bond acceptors (Lipinski definition) is 4. The molecule has 4 aromatic rings. The zero-order valence-electron chi connectivity index (χ0n) is 15.6. The summed E-state index contributed by atoms with van der Waals surface area (Å²) in [6.07, 6.45) is 1.64. The second-order valence-electron chi connectivity index (χ2n) is 6.63. The van der Waals surface area contributed by atoms with Crippen molar-refractivity contribution in [3.63, 3.8) is 0 Å². The van der Waals surface area contributed by atoms with Crippen molar-refractivity contribution < 1.29 is 4.79 Å². The number of nitrogens with zero attached hydrogens (tertiary/aromatic N) is 2. The van der Waals surface area contributed by atoms with E-state index in [1.807, 2.05) is 53.2 Å². The van der Waals surface area contributed by atoms with E-state index in [9.17, 15) is 4.79 Å². The number of amides is 1. The molecule has 4 nitrogen and oxygen atoms in total. The molecule has 0 saturated carbocycles. The van der Waals surface area contributed by atoms with Crippen LogP contribution in [0.5, 0.6) is 0 Å². The van der Waals surface area contributed by atoms with Crippen LogP contribution >= 0.6 is 11.3 Å². The van der Waals surface area contributed by atoms with Gasteiger partial charge in [0.25, 0.3) is 5.91 Å². The van der Waals surface area contributed by atoms with Gasteiger partial charge in [-0.05, 0) is 60.0 Å². The lowest BCUT2D eigenvalue weighted by Crippen LogP contribution is -2.18. The number of fused-ring (bicyclic) bond motifs is 1. The Bertz CT molecular complexity index is 1180. The lowest BCUT2D eigenvalue weighted by Gasteiger charge is -2.10. The Morgan fingerprint density at radius 2 is 1.93 bits per heavy atom. The second kappa shape index (κ2) is 7.74. The van der Waals surface area contributed by atoms with Crippen molar-refractivity contribution in [2.45, 2.75) is 13.8 Å². The third-order valence-electron chi connectivity index (χ3n) is 4.69. The van der Waals surface area contributed by atoms with Crippen molar-refractivity contribution in [2.75, 3.05) is 0 Å². The van der Waals surface area contributed by atoms with Gasteiger partial charge in [-0.2, -0.15) is 16.4 Å². The van der Waals surface area contributed by atoms with Crippen molar-refractivity contribution in [3.8, 4) is 11.3 Å². The van der Waals surface area contributed by atoms with Gasteiger partial charge in [0.1, 0.15) is 0 Å². The summed E-state index contributed by atoms with van der Waals surface area (Å²) in [5.41, 5.74) is 9.12. The number of carbonyl (C=O) groups excluding carboxylic acids is 1. The third-order valence-corrected chi connectivity index (χ3v) is 5.39. The van der Waals surface area contributed by atoms with Crippen molar-refractivity contribution in [1.82, 2.24) is 10.4 Å². The summed E-state index contributed by atoms with van der Waals surface area (Å²) in [6, 6.07) is 17.7. The van der Waals surface area contributed by atoms with Gasteiger partial charge in [0.15, 0.2) is 0 Å². The normalized spacial score (nSPS) is 11.2. The smallest absolute Gasteiger partial charge is 0.267 e. The van der Waals surface area contributed by atoms with E-state index in [1.54, 1.807) is 17.6 Å². The van der Waals surface area contributed by atoms with E-state index in [-0.39, 0.29) is 5.91 Å². The maximum absolute atomic E-state index is 12.8. The van der Waals surface area contributed by atoms with Crippen LogP contribution in [0.3, 0.4) is 0 Å². The lowest BCUT2D eigenvalue weighted by molar-refractivity contribution is 0.0957. The molecule has 0 bridgehead atoms. The van der Waals surface area contributed by atoms with Crippen LogP contribution in [0.4, 0.5) is 0 Å². The van der Waals surface area contributed by atoms with Gasteiger partial charge in [-0.1, -0.05) is 30.3 Å². The first-order valence-corrected chi connectivity index (χ1v) is 9.89. The van der Waals surface area contributed by atoms with E-state index in [1.165, 1.54) is 11.1 Å². The molecule has 28 heavy (non-hydrogen) atoms. The zero-order valence-corrected chi connectivity index (χ0v) is 16.5. The highest BCUT2D eigenvalue weighted by atomic mass is 32.1. The number of aromatic nitrogens is 1. The molecule has 4 rings (SSSR count). The van der Waals surface area contributed by atoms with E-state index in [0.29, 0.717) is 5.56 Å². The number of hydrogen-bond donors (Lipinski definition) is 1. The summed E-state index contributed by atoms with van der Waals surface area (Å²) in [5, 5.41) is 8.83. The maximum atomic E-state index is 12.8. The lowest BCUT2D eigenvalue weighted by atomic mass is 10.0. The average molecular weight is 385 g/mol. The average Bonchev–Trinajstić information content (AvgIpc) is 3.22. The van der Waals surface area contributed by atoms with Crippen LogP contribution in [0.15, 0.2) is 70.5 Å². The molecule has 2 aromatic carbocycles. The van der Waals surface area contributed by atoms with E-state index in [2.05, 4.69) is 36.5 Å². The highest BCUT2D eigenvalue weighted by molar-refractivity contribution is 7.08. The fourth-order valence-electron chi connectivity index (χ4n) is 2.99. The molecule has 2 aromatic heterocycles. The highest BCUT2D eigenvalue weighted by Crippen LogP contribution is 2.26. The first-order chi connectivity index (χ1) is 13.6. The molecule has 1 amide bonds. The Hall–Kier alpha value is -3.31. The van der Waals surface area contributed by atoms with Gasteiger partial charge in [0.2, 0.25) is 0 Å². The van der Waals surface area contributed by atoms with Gasteiger partial charge in [-0.25, -0.2) is 10.4 Å². The summed E-state index contributed by atoms with van der Waals surface area (Å²) < 4.78 is 0. The minimum absolute atomic E-state index is 0.254. The summed E-state index contributed by atoms with van der Waals surface area (Å²) in [6.45, 7) is 4.16. The minimum atomic E-state index is -0.254. The molecule has 2 heterocycles. The second-order valence-corrected chi connectivity index (χ2v) is 7.41. The molecule has 0 spiro atoms. The van der Waals surface area contributed by atoms with Crippen LogP contribution < -0.4 is 5.43 Å². The Kier molecular flexibility index (Phi) is 5.00. The standard InChI is InChI=1S/C23H19N3OS/c1-15-7-8-18(11-16(15)2)22-12-20(19-5-3-4-6-21(19)25-22)23(27)26-24-13-17-9-10-28-14-17/h3-14H,1-2H3,(H,26,27). The fourth-order valence-corrected chi connectivity index (χ4v) is 3.60. The Morgan fingerprint density at radius 3 is 2.71 bits per heavy atom. The first kappa shape index (κ1) is 18.1. The van der Waals surface area contributed by atoms with Gasteiger partial charge in [0.05, 0.1) is 23.0 Å². The van der Waals surface area contributed by atoms with E-state index >= 15 is 0 Å². The largest absolute Gasteiger partial charge is 0.272 e. The van der Waals surface area contributed by atoms with E-state index in [0.717, 1.165) is 27.7 Å². The van der Waals surface area contributed by atoms with Crippen molar-refractivity contribution >= 4 is 34.4 Å². The molecule has 138 valence electrons. The maximum Gasteiger partial charge on any atom is 0.272 e. The Balaban J connectivity index is 1.73. The van der Waals surface area contributed by atoms with Gasteiger partial charge >= 0.3 is 0 Å². The SMILES string of the molecule is Cc1ccc(-c2cc(C(=O)NN=Cc3ccsc3)c3ccccc3n2)cc1C. The number of aryl methyl sites for hydroxylation is 2. The monoisotopic (exact) mass is 385 g/mol. The highest BCUT2D eigenvalue weighted by Gasteiger charge is 2.14. The van der Waals surface area contributed by atoms with Crippen LogP contribution in [-0.4, -0.2) is 17.1 Å². The summed E-state index contributed by atoms with van der Waals surface area (Å²) in [5.74, 6) is -0.254. The van der Waals surface area contributed by atoms with Crippen LogP contribution in [0, 0.1) is 13.8 Å². The molecule has 0 radical (unpaired) electrons. The molecule has 1 N–H and O–H groups in total. The van der Waals surface area contributed by atoms with Crippen molar-refractivity contribution in [1.29, 1.82) is 0 Å². The number of rotatable bonds is 4. The quantitative estimate of drug-likeness (QED) is 0.381. The molecule has 0 aliphatic rings. The summed E-state index contributed by atoms with van der Waals surface area (Å²) in [4.78, 5) is 17.6.